The maximum Gasteiger partial charge on any atom is 0.154 e. The van der Waals surface area contributed by atoms with E-state index in [4.69, 9.17) is 4.74 Å². The highest BCUT2D eigenvalue weighted by atomic mass is 79.9. The average Bonchev–Trinajstić information content (AvgIpc) is 2.80. The fraction of sp³-hybridized carbons (Fsp3) is 0.200. The molecule has 20 heavy (non-hydrogen) atoms. The van der Waals surface area contributed by atoms with Crippen LogP contribution in [0.4, 0.5) is 0 Å². The Kier molecular flexibility index (Phi) is 3.44. The Labute approximate surface area is 125 Å². The number of aromatic nitrogens is 3. The maximum atomic E-state index is 5.64. The van der Waals surface area contributed by atoms with Crippen molar-refractivity contribution in [3.8, 4) is 17.0 Å². The van der Waals surface area contributed by atoms with Gasteiger partial charge in [-0.1, -0.05) is 0 Å². The molecule has 3 aromatic rings. The van der Waals surface area contributed by atoms with Crippen LogP contribution in [0.25, 0.3) is 16.9 Å². The average molecular weight is 332 g/mol. The number of rotatable bonds is 3. The summed E-state index contributed by atoms with van der Waals surface area (Å²) in [5, 5.41) is 4.56. The molecule has 0 unspecified atom stereocenters. The summed E-state index contributed by atoms with van der Waals surface area (Å²) >= 11 is 3.43. The van der Waals surface area contributed by atoms with Crippen molar-refractivity contribution in [3.05, 3.63) is 47.2 Å². The third-order valence-corrected chi connectivity index (χ3v) is 3.38. The van der Waals surface area contributed by atoms with Gasteiger partial charge in [-0.15, -0.1) is 0 Å². The molecule has 0 spiro atoms. The van der Waals surface area contributed by atoms with Gasteiger partial charge in [-0.05, 0) is 66.2 Å². The zero-order valence-electron chi connectivity index (χ0n) is 11.2. The van der Waals surface area contributed by atoms with Crippen molar-refractivity contribution in [2.45, 2.75) is 20.0 Å². The largest absolute Gasteiger partial charge is 0.491 e. The molecule has 0 aliphatic heterocycles. The first kappa shape index (κ1) is 13.1. The van der Waals surface area contributed by atoms with Crippen molar-refractivity contribution in [1.29, 1.82) is 0 Å². The molecule has 5 heteroatoms. The molecule has 0 atom stereocenters. The Bertz CT molecular complexity index is 734. The van der Waals surface area contributed by atoms with E-state index in [-0.39, 0.29) is 6.10 Å². The Hall–Kier alpha value is -1.88. The maximum absolute atomic E-state index is 5.64. The number of benzene rings is 1. The summed E-state index contributed by atoms with van der Waals surface area (Å²) < 4.78 is 8.25. The summed E-state index contributed by atoms with van der Waals surface area (Å²) in [6.07, 6.45) is 1.92. The lowest BCUT2D eigenvalue weighted by atomic mass is 10.1. The van der Waals surface area contributed by atoms with Gasteiger partial charge in [0.1, 0.15) is 10.4 Å². The van der Waals surface area contributed by atoms with E-state index in [0.29, 0.717) is 0 Å². The lowest BCUT2D eigenvalue weighted by Crippen LogP contribution is -2.05. The molecule has 0 aliphatic rings. The molecule has 0 bridgehead atoms. The predicted molar refractivity (Wildman–Crippen MR) is 81.9 cm³/mol. The third-order valence-electron chi connectivity index (χ3n) is 2.84. The summed E-state index contributed by atoms with van der Waals surface area (Å²) in [6.45, 7) is 4.03. The molecule has 0 N–H and O–H groups in total. The molecule has 0 fully saturated rings. The molecule has 1 aromatic carbocycles. The van der Waals surface area contributed by atoms with Gasteiger partial charge in [0.15, 0.2) is 5.65 Å². The van der Waals surface area contributed by atoms with E-state index >= 15 is 0 Å². The fourth-order valence-electron chi connectivity index (χ4n) is 1.98. The van der Waals surface area contributed by atoms with Crippen LogP contribution in [-0.2, 0) is 0 Å². The summed E-state index contributed by atoms with van der Waals surface area (Å²) in [6, 6.07) is 11.9. The van der Waals surface area contributed by atoms with Gasteiger partial charge in [-0.2, -0.15) is 5.10 Å². The zero-order valence-corrected chi connectivity index (χ0v) is 12.8. The molecule has 0 aliphatic carbocycles. The van der Waals surface area contributed by atoms with Gasteiger partial charge in [0.25, 0.3) is 0 Å². The van der Waals surface area contributed by atoms with Crippen molar-refractivity contribution >= 4 is 21.6 Å². The smallest absolute Gasteiger partial charge is 0.154 e. The van der Waals surface area contributed by atoms with Crippen LogP contribution in [-0.4, -0.2) is 20.7 Å². The first-order valence-corrected chi connectivity index (χ1v) is 7.20. The minimum absolute atomic E-state index is 0.178. The third kappa shape index (κ3) is 2.54. The van der Waals surface area contributed by atoms with Crippen molar-refractivity contribution in [2.24, 2.45) is 0 Å². The van der Waals surface area contributed by atoms with Gasteiger partial charge in [-0.25, -0.2) is 9.50 Å². The zero-order chi connectivity index (χ0) is 14.1. The minimum Gasteiger partial charge on any atom is -0.491 e. The summed E-state index contributed by atoms with van der Waals surface area (Å²) in [5.41, 5.74) is 2.76. The van der Waals surface area contributed by atoms with Gasteiger partial charge in [-0.3, -0.25) is 0 Å². The first-order chi connectivity index (χ1) is 9.63. The molecule has 4 nitrogen and oxygen atoms in total. The van der Waals surface area contributed by atoms with Crippen LogP contribution < -0.4 is 4.74 Å². The molecule has 0 saturated carbocycles. The van der Waals surface area contributed by atoms with Crippen molar-refractivity contribution in [1.82, 2.24) is 14.6 Å². The highest BCUT2D eigenvalue weighted by molar-refractivity contribution is 9.10. The second-order valence-corrected chi connectivity index (χ2v) is 5.57. The molecular weight excluding hydrogens is 318 g/mol. The van der Waals surface area contributed by atoms with E-state index in [2.05, 4.69) is 26.0 Å². The molecule has 2 aromatic heterocycles. The highest BCUT2D eigenvalue weighted by Gasteiger charge is 2.05. The van der Waals surface area contributed by atoms with Crippen LogP contribution in [0.2, 0.25) is 0 Å². The van der Waals surface area contributed by atoms with Gasteiger partial charge < -0.3 is 4.74 Å². The molecule has 102 valence electrons. The standard InChI is InChI=1S/C15H14BrN3O/c1-10(2)20-12-5-3-11(4-6-12)13-7-8-15-17-9-14(16)19(15)18-13/h3-10H,1-2H3. The normalized spacial score (nSPS) is 11.2. The lowest BCUT2D eigenvalue weighted by Gasteiger charge is -2.10. The minimum atomic E-state index is 0.178. The quantitative estimate of drug-likeness (QED) is 0.729. The molecule has 0 saturated heterocycles. The molecular formula is C15H14BrN3O. The number of hydrogen-bond acceptors (Lipinski definition) is 3. The van der Waals surface area contributed by atoms with Gasteiger partial charge in [0.05, 0.1) is 18.0 Å². The SMILES string of the molecule is CC(C)Oc1ccc(-c2ccc3ncc(Br)n3n2)cc1. The van der Waals surface area contributed by atoms with Crippen LogP contribution in [0.3, 0.4) is 0 Å². The highest BCUT2D eigenvalue weighted by Crippen LogP contribution is 2.22. The lowest BCUT2D eigenvalue weighted by molar-refractivity contribution is 0.242. The van der Waals surface area contributed by atoms with Crippen LogP contribution in [0, 0.1) is 0 Å². The number of fused-ring (bicyclic) bond motifs is 1. The van der Waals surface area contributed by atoms with Crippen LogP contribution in [0.5, 0.6) is 5.75 Å². The van der Waals surface area contributed by atoms with E-state index in [9.17, 15) is 0 Å². The number of imidazole rings is 1. The monoisotopic (exact) mass is 331 g/mol. The fourth-order valence-corrected chi connectivity index (χ4v) is 2.34. The van der Waals surface area contributed by atoms with Crippen molar-refractivity contribution < 1.29 is 4.74 Å². The van der Waals surface area contributed by atoms with E-state index < -0.39 is 0 Å². The van der Waals surface area contributed by atoms with E-state index in [1.807, 2.05) is 50.2 Å². The topological polar surface area (TPSA) is 39.4 Å². The van der Waals surface area contributed by atoms with Crippen LogP contribution in [0.15, 0.2) is 47.2 Å². The number of hydrogen-bond donors (Lipinski definition) is 0. The van der Waals surface area contributed by atoms with E-state index in [1.165, 1.54) is 0 Å². The number of nitrogens with zero attached hydrogens (tertiary/aromatic N) is 3. The Morgan fingerprint density at radius 1 is 1.10 bits per heavy atom. The second kappa shape index (κ2) is 5.25. The molecule has 3 rings (SSSR count). The van der Waals surface area contributed by atoms with E-state index in [0.717, 1.165) is 27.3 Å². The first-order valence-electron chi connectivity index (χ1n) is 6.41. The van der Waals surface area contributed by atoms with Crippen molar-refractivity contribution in [3.63, 3.8) is 0 Å². The Morgan fingerprint density at radius 2 is 1.85 bits per heavy atom. The Morgan fingerprint density at radius 3 is 2.55 bits per heavy atom. The van der Waals surface area contributed by atoms with E-state index in [1.54, 1.807) is 10.7 Å². The predicted octanol–water partition coefficient (Wildman–Crippen LogP) is 3.95. The summed E-state index contributed by atoms with van der Waals surface area (Å²) in [5.74, 6) is 0.869. The Balaban J connectivity index is 1.95. The number of halogens is 1. The van der Waals surface area contributed by atoms with Crippen LogP contribution >= 0.6 is 15.9 Å². The second-order valence-electron chi connectivity index (χ2n) is 4.76. The summed E-state index contributed by atoms with van der Waals surface area (Å²) in [7, 11) is 0. The van der Waals surface area contributed by atoms with Crippen LogP contribution in [0.1, 0.15) is 13.8 Å². The molecule has 0 amide bonds. The molecule has 0 radical (unpaired) electrons. The van der Waals surface area contributed by atoms with Gasteiger partial charge in [0, 0.05) is 5.56 Å². The van der Waals surface area contributed by atoms with Crippen molar-refractivity contribution in [2.75, 3.05) is 0 Å². The number of ether oxygens (including phenoxy) is 1. The van der Waals surface area contributed by atoms with Gasteiger partial charge >= 0.3 is 0 Å². The molecule has 2 heterocycles. The van der Waals surface area contributed by atoms with Gasteiger partial charge in [0.2, 0.25) is 0 Å². The summed E-state index contributed by atoms with van der Waals surface area (Å²) in [4.78, 5) is 4.23.